The SMILES string of the molecule is CC.CCCCCCCCCCCCCCCCCCCC(=O)OC[N+]1(OC)CCC=C(c2nsnc2OCCCCCC)C1. The summed E-state index contributed by atoms with van der Waals surface area (Å²) in [5, 5.41) is 0. The maximum Gasteiger partial charge on any atom is 0.310 e. The Morgan fingerprint density at radius 3 is 1.80 bits per heavy atom. The van der Waals surface area contributed by atoms with E-state index in [0.29, 0.717) is 25.5 Å². The molecule has 0 saturated carbocycles. The number of aromatic nitrogens is 2. The normalized spacial score (nSPS) is 16.2. The molecule has 1 unspecified atom stereocenters. The van der Waals surface area contributed by atoms with E-state index in [1.165, 1.54) is 127 Å². The second-order valence-electron chi connectivity index (χ2n) is 12.5. The first-order valence-corrected chi connectivity index (χ1v) is 19.6. The van der Waals surface area contributed by atoms with E-state index in [1.807, 2.05) is 13.8 Å². The van der Waals surface area contributed by atoms with Gasteiger partial charge in [-0.15, -0.1) is 9.02 Å². The van der Waals surface area contributed by atoms with Crippen LogP contribution in [0, 0.1) is 0 Å². The van der Waals surface area contributed by atoms with E-state index in [9.17, 15) is 4.79 Å². The molecule has 0 N–H and O–H groups in total. The van der Waals surface area contributed by atoms with Gasteiger partial charge in [0.15, 0.2) is 0 Å². The molecular formula is C37H70N3O4S+. The second kappa shape index (κ2) is 28.7. The Balaban J connectivity index is 0.00000496. The highest BCUT2D eigenvalue weighted by atomic mass is 32.1. The predicted molar refractivity (Wildman–Crippen MR) is 190 cm³/mol. The average Bonchev–Trinajstić information content (AvgIpc) is 3.55. The van der Waals surface area contributed by atoms with Crippen molar-refractivity contribution in [1.82, 2.24) is 8.75 Å². The Morgan fingerprint density at radius 1 is 0.756 bits per heavy atom. The van der Waals surface area contributed by atoms with Crippen molar-refractivity contribution >= 4 is 23.3 Å². The summed E-state index contributed by atoms with van der Waals surface area (Å²) in [5.74, 6) is 0.484. The van der Waals surface area contributed by atoms with E-state index in [-0.39, 0.29) is 17.3 Å². The van der Waals surface area contributed by atoms with Gasteiger partial charge in [-0.05, 0) is 12.8 Å². The van der Waals surface area contributed by atoms with Crippen molar-refractivity contribution in [3.8, 4) is 5.88 Å². The standard InChI is InChI=1S/C35H64N3O4S.C2H6/c1-4-6-8-10-11-12-13-14-15-16-17-18-19-20-21-22-23-27-33(39)42-31-38(40-3)28-25-26-32(30-38)34-35(37-43-36-34)41-29-24-9-7-5-2;1-2/h26H,4-25,27-31H2,1-3H3;1-2H3/q+1;. The number of rotatable bonds is 28. The minimum Gasteiger partial charge on any atom is -0.475 e. The summed E-state index contributed by atoms with van der Waals surface area (Å²) in [7, 11) is 1.69. The summed E-state index contributed by atoms with van der Waals surface area (Å²) in [4.78, 5) is 18.4. The first-order valence-electron chi connectivity index (χ1n) is 18.9. The molecule has 0 saturated heterocycles. The number of hydrogen-bond acceptors (Lipinski definition) is 7. The van der Waals surface area contributed by atoms with Crippen LogP contribution in [0.4, 0.5) is 0 Å². The van der Waals surface area contributed by atoms with Crippen molar-refractivity contribution in [2.75, 3.05) is 33.5 Å². The Morgan fingerprint density at radius 2 is 1.27 bits per heavy atom. The van der Waals surface area contributed by atoms with Crippen LogP contribution in [0.3, 0.4) is 0 Å². The highest BCUT2D eigenvalue weighted by molar-refractivity contribution is 6.99. The Kier molecular flexibility index (Phi) is 26.5. The maximum absolute atomic E-state index is 12.5. The number of quaternary nitrogens is 1. The lowest BCUT2D eigenvalue weighted by molar-refractivity contribution is -1.11. The molecule has 262 valence electrons. The van der Waals surface area contributed by atoms with Crippen molar-refractivity contribution in [1.29, 1.82) is 0 Å². The highest BCUT2D eigenvalue weighted by Gasteiger charge is 2.36. The van der Waals surface area contributed by atoms with Gasteiger partial charge in [0.05, 0.1) is 25.4 Å². The molecule has 2 rings (SSSR count). The van der Waals surface area contributed by atoms with Crippen LogP contribution in [0.1, 0.15) is 181 Å². The largest absolute Gasteiger partial charge is 0.475 e. The molecule has 2 heterocycles. The predicted octanol–water partition coefficient (Wildman–Crippen LogP) is 11.2. The Hall–Kier alpha value is -1.51. The first kappa shape index (κ1) is 41.5. The average molecular weight is 653 g/mol. The lowest BCUT2D eigenvalue weighted by Gasteiger charge is -2.35. The molecule has 0 radical (unpaired) electrons. The van der Waals surface area contributed by atoms with Crippen LogP contribution in [0.25, 0.3) is 5.57 Å². The molecule has 1 aliphatic heterocycles. The van der Waals surface area contributed by atoms with Crippen molar-refractivity contribution in [3.63, 3.8) is 0 Å². The van der Waals surface area contributed by atoms with Crippen LogP contribution in [-0.2, 0) is 14.4 Å². The molecule has 0 spiro atoms. The summed E-state index contributed by atoms with van der Waals surface area (Å²) < 4.78 is 20.8. The molecule has 0 aliphatic carbocycles. The van der Waals surface area contributed by atoms with Crippen LogP contribution >= 0.6 is 11.7 Å². The van der Waals surface area contributed by atoms with E-state index in [4.69, 9.17) is 14.3 Å². The second-order valence-corrected chi connectivity index (χ2v) is 13.0. The lowest BCUT2D eigenvalue weighted by atomic mass is 10.0. The molecule has 0 aromatic carbocycles. The third-order valence-electron chi connectivity index (χ3n) is 8.72. The van der Waals surface area contributed by atoms with E-state index >= 15 is 0 Å². The van der Waals surface area contributed by atoms with Gasteiger partial charge in [-0.1, -0.05) is 156 Å². The van der Waals surface area contributed by atoms with Crippen LogP contribution < -0.4 is 4.74 Å². The summed E-state index contributed by atoms with van der Waals surface area (Å²) in [5.41, 5.74) is 1.85. The molecule has 0 bridgehead atoms. The third-order valence-corrected chi connectivity index (χ3v) is 9.23. The van der Waals surface area contributed by atoms with Gasteiger partial charge in [-0.25, -0.2) is 4.84 Å². The zero-order valence-corrected chi connectivity index (χ0v) is 30.9. The Labute approximate surface area is 281 Å². The third kappa shape index (κ3) is 19.7. The van der Waals surface area contributed by atoms with Gasteiger partial charge in [0.25, 0.3) is 12.6 Å². The van der Waals surface area contributed by atoms with Crippen LogP contribution in [0.2, 0.25) is 0 Å². The van der Waals surface area contributed by atoms with Gasteiger partial charge in [0, 0.05) is 18.4 Å². The van der Waals surface area contributed by atoms with Crippen LogP contribution in [0.5, 0.6) is 5.88 Å². The van der Waals surface area contributed by atoms with Gasteiger partial charge >= 0.3 is 5.97 Å². The molecule has 8 heteroatoms. The maximum atomic E-state index is 12.5. The molecule has 0 amide bonds. The number of ether oxygens (including phenoxy) is 2. The molecule has 1 aromatic heterocycles. The molecule has 45 heavy (non-hydrogen) atoms. The van der Waals surface area contributed by atoms with Gasteiger partial charge in [0.1, 0.15) is 18.8 Å². The molecule has 1 aliphatic rings. The minimum absolute atomic E-state index is 0.127. The number of carbonyl (C=O) groups is 1. The first-order chi connectivity index (χ1) is 22.1. The molecular weight excluding hydrogens is 582 g/mol. The number of unbranched alkanes of at least 4 members (excludes halogenated alkanes) is 19. The fourth-order valence-electron chi connectivity index (χ4n) is 5.84. The molecule has 0 fully saturated rings. The van der Waals surface area contributed by atoms with E-state index in [2.05, 4.69) is 28.7 Å². The molecule has 1 atom stereocenters. The monoisotopic (exact) mass is 653 g/mol. The highest BCUT2D eigenvalue weighted by Crippen LogP contribution is 2.31. The topological polar surface area (TPSA) is 70.5 Å². The fraction of sp³-hybridized carbons (Fsp3) is 0.865. The Bertz CT molecular complexity index is 862. The zero-order chi connectivity index (χ0) is 32.9. The summed E-state index contributed by atoms with van der Waals surface area (Å²) >= 11 is 1.18. The number of carbonyl (C=O) groups excluding carboxylic acids is 1. The van der Waals surface area contributed by atoms with Crippen LogP contribution in [-0.4, -0.2) is 52.9 Å². The summed E-state index contributed by atoms with van der Waals surface area (Å²) in [6, 6.07) is 0. The van der Waals surface area contributed by atoms with Gasteiger partial charge in [0.2, 0.25) is 0 Å². The minimum atomic E-state index is -0.127. The van der Waals surface area contributed by atoms with Crippen molar-refractivity contribution in [2.24, 2.45) is 0 Å². The summed E-state index contributed by atoms with van der Waals surface area (Å²) in [6.45, 7) is 10.7. The van der Waals surface area contributed by atoms with Gasteiger partial charge in [-0.3, -0.25) is 4.79 Å². The van der Waals surface area contributed by atoms with E-state index in [1.54, 1.807) is 7.11 Å². The fourth-order valence-corrected chi connectivity index (χ4v) is 6.37. The van der Waals surface area contributed by atoms with Crippen molar-refractivity contribution < 1.29 is 23.8 Å². The summed E-state index contributed by atoms with van der Waals surface area (Å²) in [6.07, 6.45) is 30.8. The van der Waals surface area contributed by atoms with Crippen molar-refractivity contribution in [3.05, 3.63) is 11.8 Å². The van der Waals surface area contributed by atoms with E-state index in [0.717, 1.165) is 43.5 Å². The van der Waals surface area contributed by atoms with Gasteiger partial charge in [-0.2, -0.15) is 4.37 Å². The number of hydroxylamine groups is 3. The quantitative estimate of drug-likeness (QED) is 0.0509. The number of hydrogen-bond donors (Lipinski definition) is 0. The molecule has 1 aromatic rings. The lowest BCUT2D eigenvalue weighted by Crippen LogP contribution is -2.52. The number of esters is 1. The molecule has 7 nitrogen and oxygen atoms in total. The zero-order valence-electron chi connectivity index (χ0n) is 30.1. The van der Waals surface area contributed by atoms with Crippen molar-refractivity contribution in [2.45, 2.75) is 175 Å². The number of nitrogens with zero attached hydrogens (tertiary/aromatic N) is 3. The van der Waals surface area contributed by atoms with Crippen LogP contribution in [0.15, 0.2) is 6.08 Å². The van der Waals surface area contributed by atoms with E-state index < -0.39 is 0 Å². The van der Waals surface area contributed by atoms with Gasteiger partial charge < -0.3 is 9.47 Å². The smallest absolute Gasteiger partial charge is 0.310 e.